The van der Waals surface area contributed by atoms with Crippen molar-refractivity contribution in [2.75, 3.05) is 5.73 Å². The van der Waals surface area contributed by atoms with Crippen LogP contribution in [0.2, 0.25) is 0 Å². The van der Waals surface area contributed by atoms with Gasteiger partial charge in [-0.2, -0.15) is 10.4 Å². The van der Waals surface area contributed by atoms with Crippen molar-refractivity contribution >= 4 is 16.6 Å². The molecule has 0 bridgehead atoms. The zero-order chi connectivity index (χ0) is 17.2. The Balaban J connectivity index is 2.35. The van der Waals surface area contributed by atoms with Crippen LogP contribution in [0.5, 0.6) is 0 Å². The number of nitrogen functional groups attached to an aromatic ring is 1. The van der Waals surface area contributed by atoms with E-state index < -0.39 is 11.4 Å². The molecule has 0 saturated heterocycles. The van der Waals surface area contributed by atoms with E-state index in [-0.39, 0.29) is 0 Å². The third-order valence-corrected chi connectivity index (χ3v) is 4.31. The summed E-state index contributed by atoms with van der Waals surface area (Å²) in [5.41, 5.74) is 7.14. The fourth-order valence-corrected chi connectivity index (χ4v) is 3.10. The van der Waals surface area contributed by atoms with Gasteiger partial charge in [0, 0.05) is 17.1 Å². The first-order chi connectivity index (χ1) is 11.6. The maximum Gasteiger partial charge on any atom is 0.127 e. The number of benzene rings is 2. The van der Waals surface area contributed by atoms with Crippen LogP contribution in [0.1, 0.15) is 18.9 Å². The van der Waals surface area contributed by atoms with Gasteiger partial charge in [-0.05, 0) is 30.2 Å². The topological polar surface area (TPSA) is 67.6 Å². The molecular weight excluding hydrogens is 303 g/mol. The molecule has 0 radical (unpaired) electrons. The fourth-order valence-electron chi connectivity index (χ4n) is 3.10. The number of allylic oxidation sites excluding steroid dienone is 2. The minimum atomic E-state index is -0.695. The summed E-state index contributed by atoms with van der Waals surface area (Å²) in [5.74, 6) is -0.413. The highest BCUT2D eigenvalue weighted by Crippen LogP contribution is 2.35. The van der Waals surface area contributed by atoms with Gasteiger partial charge in [-0.25, -0.2) is 4.39 Å². The first-order valence-electron chi connectivity index (χ1n) is 7.68. The summed E-state index contributed by atoms with van der Waals surface area (Å²) in [6, 6.07) is 14.5. The van der Waals surface area contributed by atoms with Gasteiger partial charge in [-0.15, -0.1) is 0 Å². The van der Waals surface area contributed by atoms with Gasteiger partial charge in [0.15, 0.2) is 0 Å². The van der Waals surface area contributed by atoms with Crippen LogP contribution in [-0.4, -0.2) is 9.78 Å². The van der Waals surface area contributed by atoms with E-state index in [9.17, 15) is 4.39 Å². The van der Waals surface area contributed by atoms with Crippen molar-refractivity contribution in [3.8, 4) is 6.07 Å². The van der Waals surface area contributed by atoms with Crippen LogP contribution in [0.25, 0.3) is 10.9 Å². The summed E-state index contributed by atoms with van der Waals surface area (Å²) < 4.78 is 15.7. The molecule has 0 aliphatic carbocycles. The summed E-state index contributed by atoms with van der Waals surface area (Å²) in [6.07, 6.45) is 5.52. The van der Waals surface area contributed by atoms with Crippen LogP contribution in [0.3, 0.4) is 0 Å². The van der Waals surface area contributed by atoms with Crippen LogP contribution >= 0.6 is 0 Å². The van der Waals surface area contributed by atoms with E-state index in [2.05, 4.69) is 5.10 Å². The zero-order valence-electron chi connectivity index (χ0n) is 13.3. The minimum Gasteiger partial charge on any atom is -0.398 e. The molecule has 1 heterocycles. The number of nitriles is 1. The van der Waals surface area contributed by atoms with Crippen molar-refractivity contribution < 1.29 is 4.39 Å². The van der Waals surface area contributed by atoms with Gasteiger partial charge < -0.3 is 5.73 Å². The SMILES string of the molecule is CCC(/C=C/C#N)(c1ccccc1)n1ncc2c(N)cc(F)cc21. The average molecular weight is 320 g/mol. The largest absolute Gasteiger partial charge is 0.398 e. The lowest BCUT2D eigenvalue weighted by atomic mass is 9.86. The van der Waals surface area contributed by atoms with Crippen molar-refractivity contribution in [1.82, 2.24) is 9.78 Å². The smallest absolute Gasteiger partial charge is 0.127 e. The number of nitrogens with two attached hydrogens (primary N) is 1. The summed E-state index contributed by atoms with van der Waals surface area (Å²) in [5, 5.41) is 14.2. The Labute approximate surface area is 139 Å². The van der Waals surface area contributed by atoms with Crippen LogP contribution in [0, 0.1) is 17.1 Å². The molecule has 0 spiro atoms. The van der Waals surface area contributed by atoms with E-state index in [0.29, 0.717) is 23.0 Å². The molecule has 1 aromatic heterocycles. The van der Waals surface area contributed by atoms with E-state index in [0.717, 1.165) is 5.56 Å². The molecule has 1 unspecified atom stereocenters. The van der Waals surface area contributed by atoms with Crippen LogP contribution in [0.15, 0.2) is 60.8 Å². The first kappa shape index (κ1) is 15.8. The lowest BCUT2D eigenvalue weighted by molar-refractivity contribution is 0.402. The number of rotatable bonds is 4. The highest BCUT2D eigenvalue weighted by Gasteiger charge is 2.32. The standard InChI is InChI=1S/C19H17FN4/c1-2-19(9-6-10-21,14-7-4-3-5-8-14)24-18-12-15(20)11-17(22)16(18)13-23-24/h3-9,11-13H,2,22H2,1H3/b9-6+. The summed E-state index contributed by atoms with van der Waals surface area (Å²) in [4.78, 5) is 0. The number of anilines is 1. The molecule has 5 heteroatoms. The predicted octanol–water partition coefficient (Wildman–Crippen LogP) is 3.99. The molecule has 0 aliphatic rings. The zero-order valence-corrected chi connectivity index (χ0v) is 13.3. The Hall–Kier alpha value is -3.13. The number of hydrogen-bond donors (Lipinski definition) is 1. The molecular formula is C19H17FN4. The minimum absolute atomic E-state index is 0.346. The van der Waals surface area contributed by atoms with E-state index in [4.69, 9.17) is 11.0 Å². The number of aromatic nitrogens is 2. The lowest BCUT2D eigenvalue weighted by Gasteiger charge is -2.31. The average Bonchev–Trinajstić information content (AvgIpc) is 3.02. The van der Waals surface area contributed by atoms with Gasteiger partial charge in [0.2, 0.25) is 0 Å². The number of hydrogen-bond acceptors (Lipinski definition) is 3. The highest BCUT2D eigenvalue weighted by atomic mass is 19.1. The van der Waals surface area contributed by atoms with Crippen molar-refractivity contribution in [2.45, 2.75) is 18.9 Å². The normalized spacial score (nSPS) is 13.9. The third kappa shape index (κ3) is 2.42. The Kier molecular flexibility index (Phi) is 4.05. The quantitative estimate of drug-likeness (QED) is 0.584. The van der Waals surface area contributed by atoms with Crippen molar-refractivity contribution in [3.63, 3.8) is 0 Å². The first-order valence-corrected chi connectivity index (χ1v) is 7.68. The second kappa shape index (κ2) is 6.17. The second-order valence-corrected chi connectivity index (χ2v) is 5.59. The molecule has 3 aromatic rings. The van der Waals surface area contributed by atoms with E-state index in [1.54, 1.807) is 17.0 Å². The second-order valence-electron chi connectivity index (χ2n) is 5.59. The molecule has 0 amide bonds. The molecule has 24 heavy (non-hydrogen) atoms. The molecule has 2 aromatic carbocycles. The highest BCUT2D eigenvalue weighted by molar-refractivity contribution is 5.90. The Morgan fingerprint density at radius 1 is 1.33 bits per heavy atom. The van der Waals surface area contributed by atoms with Crippen LogP contribution in [-0.2, 0) is 5.54 Å². The molecule has 0 saturated carbocycles. The van der Waals surface area contributed by atoms with Crippen LogP contribution < -0.4 is 5.73 Å². The Bertz CT molecular complexity index is 937. The molecule has 120 valence electrons. The van der Waals surface area contributed by atoms with E-state index in [1.165, 1.54) is 18.2 Å². The van der Waals surface area contributed by atoms with Gasteiger partial charge >= 0.3 is 0 Å². The molecule has 4 nitrogen and oxygen atoms in total. The Morgan fingerprint density at radius 2 is 2.08 bits per heavy atom. The van der Waals surface area contributed by atoms with E-state index >= 15 is 0 Å². The number of halogens is 1. The lowest BCUT2D eigenvalue weighted by Crippen LogP contribution is -2.33. The van der Waals surface area contributed by atoms with Crippen molar-refractivity contribution in [2.24, 2.45) is 0 Å². The predicted molar refractivity (Wildman–Crippen MR) is 92.7 cm³/mol. The molecule has 1 atom stereocenters. The third-order valence-electron chi connectivity index (χ3n) is 4.31. The summed E-state index contributed by atoms with van der Waals surface area (Å²) in [6.45, 7) is 2.00. The van der Waals surface area contributed by atoms with Gasteiger partial charge in [0.05, 0.1) is 17.8 Å². The van der Waals surface area contributed by atoms with Gasteiger partial charge in [-0.3, -0.25) is 4.68 Å². The summed E-state index contributed by atoms with van der Waals surface area (Å²) in [7, 11) is 0. The van der Waals surface area contributed by atoms with Gasteiger partial charge in [0.1, 0.15) is 11.4 Å². The number of nitrogens with zero attached hydrogens (tertiary/aromatic N) is 3. The molecule has 0 fully saturated rings. The maximum atomic E-state index is 13.9. The van der Waals surface area contributed by atoms with E-state index in [1.807, 2.05) is 43.3 Å². The molecule has 0 aliphatic heterocycles. The van der Waals surface area contributed by atoms with Gasteiger partial charge in [0.25, 0.3) is 0 Å². The monoisotopic (exact) mass is 320 g/mol. The van der Waals surface area contributed by atoms with Crippen molar-refractivity contribution in [1.29, 1.82) is 5.26 Å². The fraction of sp³-hybridized carbons (Fsp3) is 0.158. The molecule has 2 N–H and O–H groups in total. The Morgan fingerprint density at radius 3 is 2.75 bits per heavy atom. The number of fused-ring (bicyclic) bond motifs is 1. The maximum absolute atomic E-state index is 13.9. The van der Waals surface area contributed by atoms with Crippen molar-refractivity contribution in [3.05, 3.63) is 72.2 Å². The van der Waals surface area contributed by atoms with Gasteiger partial charge in [-0.1, -0.05) is 37.3 Å². The summed E-state index contributed by atoms with van der Waals surface area (Å²) >= 11 is 0. The van der Waals surface area contributed by atoms with Crippen LogP contribution in [0.4, 0.5) is 10.1 Å². The molecule has 3 rings (SSSR count).